The Kier molecular flexibility index (Phi) is 4.03. The highest BCUT2D eigenvalue weighted by Crippen LogP contribution is 2.31. The summed E-state index contributed by atoms with van der Waals surface area (Å²) in [6.45, 7) is 0. The molecule has 0 N–H and O–H groups in total. The number of hydrogen-bond acceptors (Lipinski definition) is 2. The molecule has 0 bridgehead atoms. The summed E-state index contributed by atoms with van der Waals surface area (Å²) >= 11 is 11.6. The molecule has 0 saturated heterocycles. The van der Waals surface area contributed by atoms with Crippen LogP contribution in [0.2, 0.25) is 5.15 Å². The van der Waals surface area contributed by atoms with Crippen molar-refractivity contribution in [3.8, 4) is 11.8 Å². The Morgan fingerprint density at radius 3 is 2.37 bits per heavy atom. The van der Waals surface area contributed by atoms with E-state index in [-0.39, 0.29) is 16.6 Å². The van der Waals surface area contributed by atoms with Crippen molar-refractivity contribution in [1.29, 1.82) is 5.26 Å². The monoisotopic (exact) mass is 301 g/mol. The van der Waals surface area contributed by atoms with E-state index in [0.29, 0.717) is 11.3 Å². The average Bonchev–Trinajstić information content (AvgIpc) is 2.76. The minimum absolute atomic E-state index is 0.0509. The molecule has 0 unspecified atom stereocenters. The Morgan fingerprint density at radius 2 is 1.95 bits per heavy atom. The van der Waals surface area contributed by atoms with Gasteiger partial charge in [0.25, 0.3) is 6.43 Å². The number of rotatable bonds is 3. The van der Waals surface area contributed by atoms with E-state index >= 15 is 0 Å². The van der Waals surface area contributed by atoms with E-state index in [2.05, 4.69) is 5.10 Å². The summed E-state index contributed by atoms with van der Waals surface area (Å²) in [5.41, 5.74) is 0.632. The number of benzene rings is 1. The van der Waals surface area contributed by atoms with Crippen LogP contribution in [0.1, 0.15) is 23.2 Å². The molecule has 1 heterocycles. The van der Waals surface area contributed by atoms with Gasteiger partial charge in [0.1, 0.15) is 10.8 Å². The smallest absolute Gasteiger partial charge is 0.221 e. The molecule has 0 amide bonds. The van der Waals surface area contributed by atoms with Gasteiger partial charge in [0.2, 0.25) is 0 Å². The molecule has 0 radical (unpaired) electrons. The Hall–Kier alpha value is -1.64. The molecule has 0 aliphatic heterocycles. The maximum absolute atomic E-state index is 12.8. The molecule has 98 valence electrons. The predicted octanol–water partition coefficient (Wildman–Crippen LogP) is 4.07. The first kappa shape index (κ1) is 13.8. The van der Waals surface area contributed by atoms with Crippen LogP contribution >= 0.6 is 23.2 Å². The third-order valence-corrected chi connectivity index (χ3v) is 3.19. The standard InChI is InChI=1S/C12H7Cl2F2N3/c13-5-9-10(12(15)16)18-19(11(9)14)8-3-1-7(6-17)2-4-8/h1-4,12H,5H2. The molecule has 1 aromatic carbocycles. The molecule has 0 spiro atoms. The lowest BCUT2D eigenvalue weighted by molar-refractivity contribution is 0.144. The number of nitrogens with zero attached hydrogens (tertiary/aromatic N) is 3. The quantitative estimate of drug-likeness (QED) is 0.802. The Balaban J connectivity index is 2.53. The molecule has 0 aliphatic carbocycles. The predicted molar refractivity (Wildman–Crippen MR) is 67.8 cm³/mol. The molecule has 0 aliphatic rings. The van der Waals surface area contributed by atoms with Gasteiger partial charge in [-0.05, 0) is 24.3 Å². The second kappa shape index (κ2) is 5.55. The van der Waals surface area contributed by atoms with Gasteiger partial charge in [0, 0.05) is 5.56 Å². The summed E-state index contributed by atoms with van der Waals surface area (Å²) in [5, 5.41) is 12.5. The fourth-order valence-corrected chi connectivity index (χ4v) is 2.22. The van der Waals surface area contributed by atoms with Gasteiger partial charge in [0.05, 0.1) is 23.2 Å². The fourth-order valence-electron chi connectivity index (χ4n) is 1.59. The van der Waals surface area contributed by atoms with E-state index in [4.69, 9.17) is 28.5 Å². The van der Waals surface area contributed by atoms with Gasteiger partial charge in [-0.15, -0.1) is 11.6 Å². The maximum atomic E-state index is 12.8. The average molecular weight is 302 g/mol. The Morgan fingerprint density at radius 1 is 1.32 bits per heavy atom. The van der Waals surface area contributed by atoms with Gasteiger partial charge in [-0.25, -0.2) is 13.5 Å². The Labute approximate surface area is 118 Å². The van der Waals surface area contributed by atoms with Crippen LogP contribution in [0.3, 0.4) is 0 Å². The SMILES string of the molecule is N#Cc1ccc(-n2nc(C(F)F)c(CCl)c2Cl)cc1. The zero-order valence-corrected chi connectivity index (χ0v) is 11.0. The molecule has 0 saturated carbocycles. The van der Waals surface area contributed by atoms with Gasteiger partial charge < -0.3 is 0 Å². The number of halogens is 4. The van der Waals surface area contributed by atoms with Crippen LogP contribution < -0.4 is 0 Å². The van der Waals surface area contributed by atoms with E-state index in [1.54, 1.807) is 24.3 Å². The third kappa shape index (κ3) is 2.55. The first-order valence-corrected chi connectivity index (χ1v) is 6.11. The zero-order chi connectivity index (χ0) is 14.0. The van der Waals surface area contributed by atoms with Crippen molar-refractivity contribution >= 4 is 23.2 Å². The second-order valence-electron chi connectivity index (χ2n) is 3.66. The van der Waals surface area contributed by atoms with Gasteiger partial charge >= 0.3 is 0 Å². The van der Waals surface area contributed by atoms with Crippen molar-refractivity contribution in [2.24, 2.45) is 0 Å². The summed E-state index contributed by atoms with van der Waals surface area (Å²) in [6, 6.07) is 8.21. The summed E-state index contributed by atoms with van der Waals surface area (Å²) in [4.78, 5) is 0. The van der Waals surface area contributed by atoms with Crippen LogP contribution in [0.25, 0.3) is 5.69 Å². The minimum Gasteiger partial charge on any atom is -0.221 e. The van der Waals surface area contributed by atoms with Crippen LogP contribution in [0.4, 0.5) is 8.78 Å². The molecule has 3 nitrogen and oxygen atoms in total. The van der Waals surface area contributed by atoms with E-state index in [1.165, 1.54) is 4.68 Å². The van der Waals surface area contributed by atoms with Gasteiger partial charge in [0.15, 0.2) is 0 Å². The van der Waals surface area contributed by atoms with E-state index in [9.17, 15) is 8.78 Å². The molecule has 2 aromatic rings. The van der Waals surface area contributed by atoms with Crippen LogP contribution in [0.15, 0.2) is 24.3 Å². The highest BCUT2D eigenvalue weighted by atomic mass is 35.5. The van der Waals surface area contributed by atoms with Crippen LogP contribution in [0.5, 0.6) is 0 Å². The highest BCUT2D eigenvalue weighted by Gasteiger charge is 2.23. The Bertz CT molecular complexity index is 630. The summed E-state index contributed by atoms with van der Waals surface area (Å²) < 4.78 is 26.8. The first-order chi connectivity index (χ1) is 9.08. The fraction of sp³-hybridized carbons (Fsp3) is 0.167. The lowest BCUT2D eigenvalue weighted by Gasteiger charge is -2.02. The van der Waals surface area contributed by atoms with Crippen LogP contribution in [-0.4, -0.2) is 9.78 Å². The van der Waals surface area contributed by atoms with E-state index in [1.807, 2.05) is 6.07 Å². The molecular weight excluding hydrogens is 295 g/mol. The van der Waals surface area contributed by atoms with E-state index in [0.717, 1.165) is 0 Å². The van der Waals surface area contributed by atoms with Crippen molar-refractivity contribution in [1.82, 2.24) is 9.78 Å². The normalized spacial score (nSPS) is 10.7. The van der Waals surface area contributed by atoms with E-state index < -0.39 is 12.1 Å². The molecule has 7 heteroatoms. The second-order valence-corrected chi connectivity index (χ2v) is 4.28. The lowest BCUT2D eigenvalue weighted by Crippen LogP contribution is -1.97. The maximum Gasteiger partial charge on any atom is 0.282 e. The van der Waals surface area contributed by atoms with Crippen LogP contribution in [-0.2, 0) is 5.88 Å². The number of nitriles is 1. The first-order valence-electron chi connectivity index (χ1n) is 5.20. The number of hydrogen-bond donors (Lipinski definition) is 0. The lowest BCUT2D eigenvalue weighted by atomic mass is 10.2. The molecule has 1 aromatic heterocycles. The summed E-state index contributed by atoms with van der Waals surface area (Å²) in [7, 11) is 0. The third-order valence-electron chi connectivity index (χ3n) is 2.53. The zero-order valence-electron chi connectivity index (χ0n) is 9.45. The summed E-state index contributed by atoms with van der Waals surface area (Å²) in [5.74, 6) is -0.144. The van der Waals surface area contributed by atoms with Crippen LogP contribution in [0, 0.1) is 11.3 Å². The minimum atomic E-state index is -2.74. The van der Waals surface area contributed by atoms with Crippen molar-refractivity contribution in [3.63, 3.8) is 0 Å². The van der Waals surface area contributed by atoms with Gasteiger partial charge in [-0.2, -0.15) is 10.4 Å². The van der Waals surface area contributed by atoms with Gasteiger partial charge in [-0.3, -0.25) is 0 Å². The summed E-state index contributed by atoms with van der Waals surface area (Å²) in [6.07, 6.45) is -2.74. The highest BCUT2D eigenvalue weighted by molar-refractivity contribution is 6.31. The largest absolute Gasteiger partial charge is 0.282 e. The van der Waals surface area contributed by atoms with Crippen molar-refractivity contribution < 1.29 is 8.78 Å². The molecular formula is C12H7Cl2F2N3. The number of alkyl halides is 3. The van der Waals surface area contributed by atoms with Gasteiger partial charge in [-0.1, -0.05) is 11.6 Å². The topological polar surface area (TPSA) is 41.6 Å². The molecule has 19 heavy (non-hydrogen) atoms. The van der Waals surface area contributed by atoms with Crippen molar-refractivity contribution in [2.75, 3.05) is 0 Å². The van der Waals surface area contributed by atoms with Crippen molar-refractivity contribution in [3.05, 3.63) is 46.2 Å². The molecule has 0 atom stereocenters. The number of aromatic nitrogens is 2. The molecule has 0 fully saturated rings. The van der Waals surface area contributed by atoms with Crippen molar-refractivity contribution in [2.45, 2.75) is 12.3 Å². The molecule has 2 rings (SSSR count).